The Balaban J connectivity index is 0.00000341. The summed E-state index contributed by atoms with van der Waals surface area (Å²) in [5.41, 5.74) is 2.36. The summed E-state index contributed by atoms with van der Waals surface area (Å²) < 4.78 is 27.4. The minimum atomic E-state index is -3.49. The third-order valence-corrected chi connectivity index (χ3v) is 6.64. The fourth-order valence-electron chi connectivity index (χ4n) is 3.45. The quantitative estimate of drug-likeness (QED) is 0.237. The lowest BCUT2D eigenvalue weighted by molar-refractivity contribution is 0.172. The van der Waals surface area contributed by atoms with E-state index in [0.29, 0.717) is 13.1 Å². The van der Waals surface area contributed by atoms with Gasteiger partial charge in [0.2, 0.25) is 10.0 Å². The molecule has 9 heteroatoms. The summed E-state index contributed by atoms with van der Waals surface area (Å²) in [6, 6.07) is 17.3. The highest BCUT2D eigenvalue weighted by Gasteiger charge is 2.19. The number of nitrogens with one attached hydrogen (secondary N) is 2. The van der Waals surface area contributed by atoms with Crippen molar-refractivity contribution in [3.8, 4) is 0 Å². The summed E-state index contributed by atoms with van der Waals surface area (Å²) in [6.45, 7) is 7.38. The molecule has 0 spiro atoms. The smallest absolute Gasteiger partial charge is 0.240 e. The van der Waals surface area contributed by atoms with E-state index in [1.807, 2.05) is 13.0 Å². The first-order valence-electron chi connectivity index (χ1n) is 10.3. The fraction of sp³-hybridized carbons (Fsp3) is 0.409. The average Bonchev–Trinajstić information content (AvgIpc) is 2.76. The van der Waals surface area contributed by atoms with E-state index in [0.717, 1.165) is 44.2 Å². The standard InChI is InChI=1S/C22H31N5O2S.HI/c1-19-8-10-21(11-9-19)30(28,29)25-13-12-24-22(23-2)27-16-14-26(15-17-27)18-20-6-4-3-5-7-20;/h3-11,25H,12-18H2,1-2H3,(H,23,24);1H. The maximum atomic E-state index is 12.4. The van der Waals surface area contributed by atoms with Crippen LogP contribution in [0.1, 0.15) is 11.1 Å². The molecule has 1 aliphatic heterocycles. The molecule has 0 aliphatic carbocycles. The Labute approximate surface area is 203 Å². The van der Waals surface area contributed by atoms with Gasteiger partial charge in [-0.2, -0.15) is 0 Å². The van der Waals surface area contributed by atoms with Crippen LogP contribution in [0.25, 0.3) is 0 Å². The van der Waals surface area contributed by atoms with Gasteiger partial charge >= 0.3 is 0 Å². The van der Waals surface area contributed by atoms with Crippen molar-refractivity contribution >= 4 is 40.0 Å². The second-order valence-electron chi connectivity index (χ2n) is 7.43. The molecular formula is C22H32IN5O2S. The van der Waals surface area contributed by atoms with Crippen LogP contribution in [0.2, 0.25) is 0 Å². The number of aliphatic imine (C=N–C) groups is 1. The summed E-state index contributed by atoms with van der Waals surface area (Å²) >= 11 is 0. The molecule has 3 rings (SSSR count). The van der Waals surface area contributed by atoms with Crippen LogP contribution in [0.15, 0.2) is 64.5 Å². The van der Waals surface area contributed by atoms with Crippen molar-refractivity contribution in [3.05, 3.63) is 65.7 Å². The molecule has 1 fully saturated rings. The molecule has 0 unspecified atom stereocenters. The van der Waals surface area contributed by atoms with E-state index in [-0.39, 0.29) is 28.9 Å². The highest BCUT2D eigenvalue weighted by atomic mass is 127. The summed E-state index contributed by atoms with van der Waals surface area (Å²) in [6.07, 6.45) is 0. The Morgan fingerprint density at radius 1 is 0.968 bits per heavy atom. The molecular weight excluding hydrogens is 525 g/mol. The summed E-state index contributed by atoms with van der Waals surface area (Å²) in [4.78, 5) is 9.30. The zero-order chi connectivity index (χ0) is 21.4. The van der Waals surface area contributed by atoms with Crippen LogP contribution in [0.3, 0.4) is 0 Å². The van der Waals surface area contributed by atoms with E-state index in [1.165, 1.54) is 5.56 Å². The topological polar surface area (TPSA) is 77.0 Å². The van der Waals surface area contributed by atoms with Crippen LogP contribution in [0.4, 0.5) is 0 Å². The molecule has 0 radical (unpaired) electrons. The molecule has 1 heterocycles. The molecule has 0 saturated carbocycles. The van der Waals surface area contributed by atoms with Crippen molar-refractivity contribution in [1.82, 2.24) is 19.8 Å². The largest absolute Gasteiger partial charge is 0.355 e. The number of halogens is 1. The normalized spacial score (nSPS) is 15.4. The van der Waals surface area contributed by atoms with Crippen molar-refractivity contribution in [1.29, 1.82) is 0 Å². The number of nitrogens with zero attached hydrogens (tertiary/aromatic N) is 3. The Kier molecular flexibility index (Phi) is 10.2. The molecule has 1 aliphatic rings. The minimum Gasteiger partial charge on any atom is -0.355 e. The number of guanidine groups is 1. The Morgan fingerprint density at radius 2 is 1.61 bits per heavy atom. The van der Waals surface area contributed by atoms with Gasteiger partial charge in [-0.3, -0.25) is 9.89 Å². The Hall–Kier alpha value is -1.69. The van der Waals surface area contributed by atoms with Crippen LogP contribution in [-0.2, 0) is 16.6 Å². The molecule has 0 aromatic heterocycles. The predicted octanol–water partition coefficient (Wildman–Crippen LogP) is 2.28. The molecule has 1 saturated heterocycles. The lowest BCUT2D eigenvalue weighted by atomic mass is 10.2. The van der Waals surface area contributed by atoms with Gasteiger partial charge in [0.15, 0.2) is 5.96 Å². The fourth-order valence-corrected chi connectivity index (χ4v) is 4.48. The van der Waals surface area contributed by atoms with E-state index in [4.69, 9.17) is 0 Å². The van der Waals surface area contributed by atoms with Gasteiger partial charge in [0.05, 0.1) is 4.90 Å². The zero-order valence-electron chi connectivity index (χ0n) is 18.1. The van der Waals surface area contributed by atoms with Crippen molar-refractivity contribution < 1.29 is 8.42 Å². The van der Waals surface area contributed by atoms with Gasteiger partial charge in [0.25, 0.3) is 0 Å². The monoisotopic (exact) mass is 557 g/mol. The summed E-state index contributed by atoms with van der Waals surface area (Å²) in [7, 11) is -1.73. The first kappa shape index (κ1) is 25.6. The summed E-state index contributed by atoms with van der Waals surface area (Å²) in [5, 5.41) is 3.27. The SMILES string of the molecule is CN=C(NCCNS(=O)(=O)c1ccc(C)cc1)N1CCN(Cc2ccccc2)CC1.I. The molecule has 2 N–H and O–H groups in total. The Bertz CT molecular complexity index is 928. The van der Waals surface area contributed by atoms with Crippen LogP contribution >= 0.6 is 24.0 Å². The number of hydrogen-bond acceptors (Lipinski definition) is 4. The second kappa shape index (κ2) is 12.4. The molecule has 0 atom stereocenters. The predicted molar refractivity (Wildman–Crippen MR) is 136 cm³/mol. The highest BCUT2D eigenvalue weighted by Crippen LogP contribution is 2.10. The van der Waals surface area contributed by atoms with Crippen molar-refractivity contribution in [2.75, 3.05) is 46.3 Å². The van der Waals surface area contributed by atoms with E-state index in [2.05, 4.69) is 49.1 Å². The summed E-state index contributed by atoms with van der Waals surface area (Å²) in [5.74, 6) is 0.809. The van der Waals surface area contributed by atoms with Gasteiger partial charge in [-0.1, -0.05) is 48.0 Å². The maximum absolute atomic E-state index is 12.4. The molecule has 170 valence electrons. The minimum absolute atomic E-state index is 0. The van der Waals surface area contributed by atoms with E-state index < -0.39 is 10.0 Å². The van der Waals surface area contributed by atoms with Gasteiger partial charge in [-0.05, 0) is 24.6 Å². The third-order valence-electron chi connectivity index (χ3n) is 5.16. The number of rotatable bonds is 7. The molecule has 31 heavy (non-hydrogen) atoms. The van der Waals surface area contributed by atoms with Crippen molar-refractivity contribution in [2.45, 2.75) is 18.4 Å². The van der Waals surface area contributed by atoms with Gasteiger partial charge in [-0.25, -0.2) is 13.1 Å². The lowest BCUT2D eigenvalue weighted by Gasteiger charge is -2.36. The van der Waals surface area contributed by atoms with Gasteiger partial charge < -0.3 is 10.2 Å². The van der Waals surface area contributed by atoms with Crippen molar-refractivity contribution in [2.24, 2.45) is 4.99 Å². The molecule has 0 amide bonds. The third kappa shape index (κ3) is 7.74. The molecule has 7 nitrogen and oxygen atoms in total. The van der Waals surface area contributed by atoms with Gasteiger partial charge in [0.1, 0.15) is 0 Å². The van der Waals surface area contributed by atoms with Crippen LogP contribution in [0, 0.1) is 6.92 Å². The number of benzene rings is 2. The number of hydrogen-bond donors (Lipinski definition) is 2. The first-order chi connectivity index (χ1) is 14.5. The van der Waals surface area contributed by atoms with Gasteiger partial charge in [-0.15, -0.1) is 24.0 Å². The maximum Gasteiger partial charge on any atom is 0.240 e. The van der Waals surface area contributed by atoms with Crippen LogP contribution < -0.4 is 10.0 Å². The van der Waals surface area contributed by atoms with Crippen LogP contribution in [-0.4, -0.2) is 70.5 Å². The first-order valence-corrected chi connectivity index (χ1v) is 11.7. The highest BCUT2D eigenvalue weighted by molar-refractivity contribution is 14.0. The van der Waals surface area contributed by atoms with E-state index in [9.17, 15) is 8.42 Å². The number of aryl methyl sites for hydroxylation is 1. The second-order valence-corrected chi connectivity index (χ2v) is 9.20. The Morgan fingerprint density at radius 3 is 2.23 bits per heavy atom. The molecule has 0 bridgehead atoms. The lowest BCUT2D eigenvalue weighted by Crippen LogP contribution is -2.52. The van der Waals surface area contributed by atoms with E-state index >= 15 is 0 Å². The molecule has 2 aromatic carbocycles. The zero-order valence-corrected chi connectivity index (χ0v) is 21.3. The van der Waals surface area contributed by atoms with Crippen LogP contribution in [0.5, 0.6) is 0 Å². The van der Waals surface area contributed by atoms with Gasteiger partial charge in [0, 0.05) is 52.9 Å². The number of sulfonamides is 1. The number of piperazine rings is 1. The molecule has 2 aromatic rings. The van der Waals surface area contributed by atoms with E-state index in [1.54, 1.807) is 31.3 Å². The average molecular weight is 558 g/mol. The van der Waals surface area contributed by atoms with Crippen molar-refractivity contribution in [3.63, 3.8) is 0 Å².